The van der Waals surface area contributed by atoms with Crippen molar-refractivity contribution in [3.63, 3.8) is 0 Å². The number of unbranched alkanes of at least 4 members (excludes halogenated alkanes) is 1. The molecule has 3 aromatic heterocycles. The molecule has 0 amide bonds. The van der Waals surface area contributed by atoms with Crippen molar-refractivity contribution in [2.45, 2.75) is 68.8 Å². The highest BCUT2D eigenvalue weighted by Crippen LogP contribution is 2.38. The maximum atomic E-state index is 13.3. The molecule has 0 bridgehead atoms. The van der Waals surface area contributed by atoms with E-state index < -0.39 is 17.7 Å². The molecule has 15 heteroatoms. The van der Waals surface area contributed by atoms with E-state index in [0.717, 1.165) is 50.6 Å². The molecule has 0 aliphatic heterocycles. The zero-order valence-corrected chi connectivity index (χ0v) is 32.8. The van der Waals surface area contributed by atoms with Crippen molar-refractivity contribution >= 4 is 51.1 Å². The number of carbonyl (C=O) groups is 1. The minimum atomic E-state index is -1.78. The average molecular weight is 816 g/mol. The first kappa shape index (κ1) is 42.1. The van der Waals surface area contributed by atoms with Gasteiger partial charge in [-0.1, -0.05) is 29.8 Å². The predicted molar refractivity (Wildman–Crippen MR) is 215 cm³/mol. The molecular formula is C40H47ClFN3O8S2. The fourth-order valence-corrected chi connectivity index (χ4v) is 8.78. The number of pyridine rings is 1. The molecule has 11 nitrogen and oxygen atoms in total. The van der Waals surface area contributed by atoms with Gasteiger partial charge in [-0.3, -0.25) is 9.50 Å². The van der Waals surface area contributed by atoms with Crippen LogP contribution in [0.5, 0.6) is 17.2 Å². The Morgan fingerprint density at radius 3 is 2.40 bits per heavy atom. The second-order valence-corrected chi connectivity index (χ2v) is 15.7. The number of halogens is 2. The van der Waals surface area contributed by atoms with Crippen LogP contribution >= 0.6 is 34.3 Å². The lowest BCUT2D eigenvalue weighted by molar-refractivity contribution is -0.169. The number of aromatic amines is 1. The molecule has 1 atom stereocenters. The number of hydrogen-bond donors (Lipinski definition) is 6. The molecule has 5 aromatic rings. The lowest BCUT2D eigenvalue weighted by Gasteiger charge is -2.32. The van der Waals surface area contributed by atoms with Gasteiger partial charge in [0.05, 0.1) is 40.1 Å². The van der Waals surface area contributed by atoms with Gasteiger partial charge in [-0.15, -0.1) is 22.7 Å². The molecule has 2 aromatic carbocycles. The number of carbonyl (C=O) groups excluding carboxylic acids is 1. The Bertz CT molecular complexity index is 2000. The van der Waals surface area contributed by atoms with Gasteiger partial charge in [-0.25, -0.2) is 4.79 Å². The highest BCUT2D eigenvalue weighted by molar-refractivity contribution is 7.12. The molecule has 1 aliphatic carbocycles. The van der Waals surface area contributed by atoms with E-state index in [1.165, 1.54) is 34.8 Å². The number of fused-ring (bicyclic) bond motifs is 1. The number of aromatic hydroxyl groups is 1. The molecule has 1 fully saturated rings. The summed E-state index contributed by atoms with van der Waals surface area (Å²) < 4.78 is 17.5. The number of aromatic nitrogens is 1. The molecule has 3 heterocycles. The number of aliphatic hydroxyl groups excluding tert-OH is 1. The molecule has 6 rings (SSSR count). The summed E-state index contributed by atoms with van der Waals surface area (Å²) in [5.74, 6) is 0.562. The number of methoxy groups -OCH3 is 1. The van der Waals surface area contributed by atoms with Crippen LogP contribution in [-0.2, 0) is 21.6 Å². The lowest BCUT2D eigenvalue weighted by Crippen LogP contribution is -2.41. The van der Waals surface area contributed by atoms with Crippen LogP contribution in [0.4, 0.5) is 4.70 Å². The number of phenols is 1. The number of nitrogens with one attached hydrogen (secondary N) is 3. The quantitative estimate of drug-likeness (QED) is 0.0421. The Kier molecular flexibility index (Phi) is 15.1. The van der Waals surface area contributed by atoms with Gasteiger partial charge in [-0.05, 0) is 110 Å². The predicted octanol–water partition coefficient (Wildman–Crippen LogP) is 6.58. The molecule has 0 saturated heterocycles. The van der Waals surface area contributed by atoms with Crippen molar-refractivity contribution in [2.24, 2.45) is 0 Å². The van der Waals surface area contributed by atoms with E-state index in [1.54, 1.807) is 37.4 Å². The first-order valence-corrected chi connectivity index (χ1v) is 20.3. The number of benzene rings is 2. The monoisotopic (exact) mass is 815 g/mol. The third kappa shape index (κ3) is 10.2. The molecule has 6 N–H and O–H groups in total. The molecule has 296 valence electrons. The summed E-state index contributed by atoms with van der Waals surface area (Å²) in [6, 6.07) is 17.3. The Morgan fingerprint density at radius 2 is 1.73 bits per heavy atom. The van der Waals surface area contributed by atoms with E-state index >= 15 is 0 Å². The summed E-state index contributed by atoms with van der Waals surface area (Å²) in [5.41, 5.74) is -0.310. The number of aliphatic hydroxyl groups is 2. The number of esters is 1. The SMILES string of the molecule is COc1cc(OCCCCNC2CCC(OC(=O)C(O)(c3cccs3)c3cccs3)CC2)c(Cl)cc1CCNC[C@H](O)c1ccc(O)c2[nH]c(=O)ccc12.F. The third-order valence-corrected chi connectivity index (χ3v) is 12.0. The van der Waals surface area contributed by atoms with Crippen LogP contribution in [0.15, 0.2) is 76.2 Å². The summed E-state index contributed by atoms with van der Waals surface area (Å²) in [6.07, 6.45) is 4.55. The van der Waals surface area contributed by atoms with E-state index in [-0.39, 0.29) is 28.7 Å². The summed E-state index contributed by atoms with van der Waals surface area (Å²) in [7, 11) is 1.60. The van der Waals surface area contributed by atoms with Gasteiger partial charge in [0.2, 0.25) is 11.2 Å². The minimum absolute atomic E-state index is 0. The molecule has 0 spiro atoms. The van der Waals surface area contributed by atoms with Crippen LogP contribution in [0.1, 0.15) is 65.5 Å². The topological polar surface area (TPSA) is 162 Å². The zero-order valence-electron chi connectivity index (χ0n) is 30.4. The molecular weight excluding hydrogens is 769 g/mol. The van der Waals surface area contributed by atoms with Crippen LogP contribution in [0.25, 0.3) is 10.9 Å². The zero-order chi connectivity index (χ0) is 38.1. The maximum absolute atomic E-state index is 13.3. The summed E-state index contributed by atoms with van der Waals surface area (Å²) in [5, 5.41) is 44.1. The van der Waals surface area contributed by atoms with Crippen molar-refractivity contribution < 1.29 is 39.0 Å². The Labute approximate surface area is 331 Å². The standard InChI is InChI=1S/C40H46ClN3O8S2.FH/c1-50-33-23-34(30(41)22-25(33)16-18-42-24-32(46)28-12-14-31(45)38-29(28)13-15-37(47)44-38)51-19-3-2-17-43-26-8-10-27(11-9-26)52-39(48)40(49,35-6-4-20-53-35)36-7-5-21-54-36;/h4-7,12-15,20-23,26-27,32,42-43,45-46,49H,2-3,8-11,16-19,24H2,1H3,(H,44,47);1H/t26?,27?,32-;/m0./s1. The number of phenolic OH excluding ortho intramolecular Hbond substituents is 1. The molecule has 0 radical (unpaired) electrons. The van der Waals surface area contributed by atoms with E-state index in [2.05, 4.69) is 15.6 Å². The maximum Gasteiger partial charge on any atom is 0.349 e. The number of hydrogen-bond acceptors (Lipinski definition) is 12. The highest BCUT2D eigenvalue weighted by atomic mass is 35.5. The normalized spacial score (nSPS) is 16.4. The Morgan fingerprint density at radius 1 is 1.00 bits per heavy atom. The number of ether oxygens (including phenoxy) is 3. The average Bonchev–Trinajstić information content (AvgIpc) is 3.93. The van der Waals surface area contributed by atoms with Gasteiger partial charge in [0.25, 0.3) is 0 Å². The van der Waals surface area contributed by atoms with Gasteiger partial charge < -0.3 is 45.1 Å². The van der Waals surface area contributed by atoms with Crippen LogP contribution < -0.4 is 25.7 Å². The van der Waals surface area contributed by atoms with Gasteiger partial charge in [0, 0.05) is 30.1 Å². The van der Waals surface area contributed by atoms with Crippen LogP contribution in [0.3, 0.4) is 0 Å². The fraction of sp³-hybridized carbons (Fsp3) is 0.400. The smallest absolute Gasteiger partial charge is 0.349 e. The number of thiophene rings is 2. The van der Waals surface area contributed by atoms with Crippen LogP contribution in [0, 0.1) is 0 Å². The summed E-state index contributed by atoms with van der Waals surface area (Å²) in [4.78, 5) is 28.8. The Balaban J connectivity index is 0.00000580. The highest BCUT2D eigenvalue weighted by Gasteiger charge is 2.45. The van der Waals surface area contributed by atoms with Crippen molar-refractivity contribution in [3.05, 3.63) is 108 Å². The second-order valence-electron chi connectivity index (χ2n) is 13.4. The lowest BCUT2D eigenvalue weighted by atomic mass is 9.92. The van der Waals surface area contributed by atoms with Gasteiger partial charge in [0.15, 0.2) is 0 Å². The molecule has 1 aliphatic rings. The first-order valence-electron chi connectivity index (χ1n) is 18.1. The van der Waals surface area contributed by atoms with Crippen LogP contribution in [-0.4, -0.2) is 71.8 Å². The van der Waals surface area contributed by atoms with Crippen molar-refractivity contribution in [3.8, 4) is 17.2 Å². The van der Waals surface area contributed by atoms with Gasteiger partial charge in [0.1, 0.15) is 23.4 Å². The molecule has 1 saturated carbocycles. The number of rotatable bonds is 18. The fourth-order valence-electron chi connectivity index (χ4n) is 6.82. The van der Waals surface area contributed by atoms with Crippen molar-refractivity contribution in [1.29, 1.82) is 0 Å². The van der Waals surface area contributed by atoms with Crippen molar-refractivity contribution in [2.75, 3.05) is 33.4 Å². The summed E-state index contributed by atoms with van der Waals surface area (Å²) >= 11 is 9.29. The van der Waals surface area contributed by atoms with Gasteiger partial charge in [-0.2, -0.15) is 0 Å². The van der Waals surface area contributed by atoms with E-state index in [0.29, 0.717) is 68.4 Å². The van der Waals surface area contributed by atoms with E-state index in [1.807, 2.05) is 29.0 Å². The number of H-pyrrole nitrogens is 1. The van der Waals surface area contributed by atoms with Crippen molar-refractivity contribution in [1.82, 2.24) is 15.6 Å². The van der Waals surface area contributed by atoms with Crippen LogP contribution in [0.2, 0.25) is 5.02 Å². The second kappa shape index (κ2) is 19.7. The van der Waals surface area contributed by atoms with E-state index in [9.17, 15) is 24.9 Å². The minimum Gasteiger partial charge on any atom is -0.506 e. The van der Waals surface area contributed by atoms with E-state index in [4.69, 9.17) is 25.8 Å². The molecule has 55 heavy (non-hydrogen) atoms. The third-order valence-electron chi connectivity index (χ3n) is 9.77. The van der Waals surface area contributed by atoms with Gasteiger partial charge >= 0.3 is 5.97 Å². The largest absolute Gasteiger partial charge is 0.506 e. The Hall–Kier alpha value is -4.02. The first-order chi connectivity index (χ1) is 26.2. The summed E-state index contributed by atoms with van der Waals surface area (Å²) in [6.45, 7) is 2.16. The molecule has 0 unspecified atom stereocenters.